The zero-order valence-corrected chi connectivity index (χ0v) is 9.41. The maximum atomic E-state index is 5.72. The van der Waals surface area contributed by atoms with Crippen molar-refractivity contribution in [1.29, 1.82) is 0 Å². The van der Waals surface area contributed by atoms with E-state index in [4.69, 9.17) is 13.3 Å². The second-order valence-corrected chi connectivity index (χ2v) is 6.03. The molecule has 0 aromatic heterocycles. The Morgan fingerprint density at radius 1 is 1.00 bits per heavy atom. The summed E-state index contributed by atoms with van der Waals surface area (Å²) in [5.41, 5.74) is 1.74. The summed E-state index contributed by atoms with van der Waals surface area (Å²) in [6.45, 7) is 8.91. The van der Waals surface area contributed by atoms with Crippen LogP contribution in [0.3, 0.4) is 0 Å². The van der Waals surface area contributed by atoms with Crippen LogP contribution in [0.4, 0.5) is 0 Å². The molecular weight excluding hydrogens is 198 g/mol. The molecule has 3 aliphatic rings. The van der Waals surface area contributed by atoms with Crippen LogP contribution in [0.2, 0.25) is 0 Å². The summed E-state index contributed by atoms with van der Waals surface area (Å²) in [5.74, 6) is 0. The van der Waals surface area contributed by atoms with Crippen LogP contribution in [0.1, 0.15) is 6.42 Å². The lowest BCUT2D eigenvalue weighted by atomic mass is 10.4. The van der Waals surface area contributed by atoms with E-state index in [1.54, 1.807) is 5.70 Å². The maximum Gasteiger partial charge on any atom is 0.529 e. The van der Waals surface area contributed by atoms with Gasteiger partial charge in [0.1, 0.15) is 0 Å². The van der Waals surface area contributed by atoms with E-state index in [1.807, 2.05) is 0 Å². The standard InChI is InChI=1S/C9H17NO3Si/c1-2-14-11-7-3-4-10(5-8-12-14)6-9-13-14/h2H,1,3-9H2. The summed E-state index contributed by atoms with van der Waals surface area (Å²) in [6, 6.07) is 0. The minimum absolute atomic E-state index is 0.693. The van der Waals surface area contributed by atoms with Crippen molar-refractivity contribution in [3.63, 3.8) is 0 Å². The van der Waals surface area contributed by atoms with E-state index in [0.29, 0.717) is 13.2 Å². The van der Waals surface area contributed by atoms with Crippen LogP contribution in [-0.4, -0.2) is 53.2 Å². The molecule has 80 valence electrons. The predicted molar refractivity (Wildman–Crippen MR) is 54.9 cm³/mol. The molecule has 3 aliphatic heterocycles. The highest BCUT2D eigenvalue weighted by atomic mass is 28.4. The number of rotatable bonds is 1. The molecule has 3 fully saturated rings. The van der Waals surface area contributed by atoms with Crippen LogP contribution in [-0.2, 0) is 13.3 Å². The van der Waals surface area contributed by atoms with Crippen molar-refractivity contribution in [2.24, 2.45) is 0 Å². The minimum atomic E-state index is -2.50. The topological polar surface area (TPSA) is 30.9 Å². The first-order chi connectivity index (χ1) is 6.85. The fraction of sp³-hybridized carbons (Fsp3) is 0.778. The largest absolute Gasteiger partial charge is 0.529 e. The molecule has 0 amide bonds. The van der Waals surface area contributed by atoms with Gasteiger partial charge in [-0.05, 0) is 12.1 Å². The molecule has 3 heterocycles. The Morgan fingerprint density at radius 3 is 2.29 bits per heavy atom. The summed E-state index contributed by atoms with van der Waals surface area (Å²) in [5, 5.41) is 0. The van der Waals surface area contributed by atoms with Crippen LogP contribution in [0.15, 0.2) is 12.3 Å². The fourth-order valence-electron chi connectivity index (χ4n) is 1.77. The SMILES string of the molecule is C=C[Si]12OCCCN(CCO1)CCO2. The first-order valence-electron chi connectivity index (χ1n) is 5.12. The maximum absolute atomic E-state index is 5.72. The predicted octanol–water partition coefficient (Wildman–Crippen LogP) is 0.420. The Balaban J connectivity index is 2.11. The molecule has 5 heteroatoms. The Kier molecular flexibility index (Phi) is 3.35. The van der Waals surface area contributed by atoms with Crippen molar-refractivity contribution in [2.45, 2.75) is 6.42 Å². The molecule has 0 N–H and O–H groups in total. The molecule has 0 saturated carbocycles. The number of fused-ring (bicyclic) bond motifs is 7. The first-order valence-corrected chi connectivity index (χ1v) is 6.93. The van der Waals surface area contributed by atoms with Crippen molar-refractivity contribution >= 4 is 8.80 Å². The van der Waals surface area contributed by atoms with Gasteiger partial charge >= 0.3 is 8.80 Å². The molecular formula is C9H17NO3Si. The van der Waals surface area contributed by atoms with Crippen LogP contribution in [0, 0.1) is 0 Å². The van der Waals surface area contributed by atoms with E-state index in [2.05, 4.69) is 11.5 Å². The van der Waals surface area contributed by atoms with E-state index in [1.165, 1.54) is 0 Å². The number of hydrogen-bond donors (Lipinski definition) is 0. The smallest absolute Gasteiger partial charge is 0.370 e. The fourth-order valence-corrected chi connectivity index (χ4v) is 3.56. The monoisotopic (exact) mass is 215 g/mol. The molecule has 3 saturated heterocycles. The van der Waals surface area contributed by atoms with Gasteiger partial charge in [-0.15, -0.1) is 0 Å². The average Bonchev–Trinajstić information content (AvgIpc) is 2.32. The number of hydrogen-bond acceptors (Lipinski definition) is 4. The van der Waals surface area contributed by atoms with Crippen LogP contribution in [0.25, 0.3) is 0 Å². The Hall–Kier alpha value is -0.203. The normalized spacial score (nSPS) is 39.3. The zero-order chi connectivity index (χ0) is 9.86. The van der Waals surface area contributed by atoms with Crippen molar-refractivity contribution < 1.29 is 13.3 Å². The first kappa shape index (κ1) is 10.3. The highest BCUT2D eigenvalue weighted by Gasteiger charge is 2.39. The van der Waals surface area contributed by atoms with Gasteiger partial charge in [-0.1, -0.05) is 6.58 Å². The van der Waals surface area contributed by atoms with Crippen LogP contribution in [0.5, 0.6) is 0 Å². The third-order valence-electron chi connectivity index (χ3n) is 2.59. The van der Waals surface area contributed by atoms with Gasteiger partial charge in [-0.25, -0.2) is 0 Å². The Labute approximate surface area is 85.8 Å². The van der Waals surface area contributed by atoms with E-state index in [-0.39, 0.29) is 0 Å². The molecule has 0 radical (unpaired) electrons. The summed E-state index contributed by atoms with van der Waals surface area (Å²) in [6.07, 6.45) is 1.05. The molecule has 0 aliphatic carbocycles. The molecule has 3 rings (SSSR count). The average molecular weight is 215 g/mol. The lowest BCUT2D eigenvalue weighted by molar-refractivity contribution is 0.0520. The van der Waals surface area contributed by atoms with E-state index in [9.17, 15) is 0 Å². The summed E-state index contributed by atoms with van der Waals surface area (Å²) >= 11 is 0. The quantitative estimate of drug-likeness (QED) is 0.593. The minimum Gasteiger partial charge on any atom is -0.370 e. The molecule has 14 heavy (non-hydrogen) atoms. The van der Waals surface area contributed by atoms with Gasteiger partial charge in [0.2, 0.25) is 0 Å². The third-order valence-corrected chi connectivity index (χ3v) is 4.91. The third kappa shape index (κ3) is 2.24. The summed E-state index contributed by atoms with van der Waals surface area (Å²) < 4.78 is 17.1. The van der Waals surface area contributed by atoms with Crippen molar-refractivity contribution in [3.8, 4) is 0 Å². The van der Waals surface area contributed by atoms with Gasteiger partial charge in [0.15, 0.2) is 0 Å². The van der Waals surface area contributed by atoms with Crippen LogP contribution < -0.4 is 0 Å². The van der Waals surface area contributed by atoms with Gasteiger partial charge in [0.05, 0.1) is 13.2 Å². The van der Waals surface area contributed by atoms with Gasteiger partial charge in [-0.2, -0.15) is 0 Å². The Bertz CT molecular complexity index is 197. The summed E-state index contributed by atoms with van der Waals surface area (Å²) in [7, 11) is -2.50. The van der Waals surface area contributed by atoms with Gasteiger partial charge in [0, 0.05) is 26.2 Å². The van der Waals surface area contributed by atoms with Crippen molar-refractivity contribution in [1.82, 2.24) is 4.90 Å². The van der Waals surface area contributed by atoms with Gasteiger partial charge in [-0.3, -0.25) is 4.90 Å². The molecule has 0 spiro atoms. The highest BCUT2D eigenvalue weighted by Crippen LogP contribution is 2.16. The van der Waals surface area contributed by atoms with Crippen molar-refractivity contribution in [2.75, 3.05) is 39.5 Å². The molecule has 0 atom stereocenters. The van der Waals surface area contributed by atoms with Gasteiger partial charge in [0.25, 0.3) is 0 Å². The van der Waals surface area contributed by atoms with Gasteiger partial charge < -0.3 is 13.3 Å². The van der Waals surface area contributed by atoms with E-state index in [0.717, 1.165) is 32.7 Å². The lowest BCUT2D eigenvalue weighted by Crippen LogP contribution is -2.48. The lowest BCUT2D eigenvalue weighted by Gasteiger charge is -2.29. The number of nitrogens with zero attached hydrogens (tertiary/aromatic N) is 1. The molecule has 0 aromatic carbocycles. The second kappa shape index (κ2) is 4.54. The second-order valence-electron chi connectivity index (χ2n) is 3.55. The highest BCUT2D eigenvalue weighted by molar-refractivity contribution is 6.66. The molecule has 4 nitrogen and oxygen atoms in total. The van der Waals surface area contributed by atoms with E-state index >= 15 is 0 Å². The van der Waals surface area contributed by atoms with Crippen LogP contribution >= 0.6 is 0 Å². The van der Waals surface area contributed by atoms with Crippen molar-refractivity contribution in [3.05, 3.63) is 12.3 Å². The Morgan fingerprint density at radius 2 is 1.64 bits per heavy atom. The molecule has 0 aromatic rings. The molecule has 2 bridgehead atoms. The van der Waals surface area contributed by atoms with E-state index < -0.39 is 8.80 Å². The summed E-state index contributed by atoms with van der Waals surface area (Å²) in [4.78, 5) is 2.36. The molecule has 0 unspecified atom stereocenters. The zero-order valence-electron chi connectivity index (χ0n) is 8.41.